The molecule has 0 spiro atoms. The van der Waals surface area contributed by atoms with Crippen molar-refractivity contribution in [3.8, 4) is 0 Å². The van der Waals surface area contributed by atoms with E-state index in [0.29, 0.717) is 29.2 Å². The van der Waals surface area contributed by atoms with E-state index in [1.165, 1.54) is 17.0 Å². The fraction of sp³-hybridized carbons (Fsp3) is 0.375. The lowest BCUT2D eigenvalue weighted by Gasteiger charge is -2.33. The number of aryl methyl sites for hydroxylation is 3. The Balaban J connectivity index is 2.06. The number of hydrogen-bond acceptors (Lipinski definition) is 4. The zero-order valence-electron chi connectivity index (χ0n) is 24.5. The predicted octanol–water partition coefficient (Wildman–Crippen LogP) is 6.18. The van der Waals surface area contributed by atoms with Gasteiger partial charge < -0.3 is 10.2 Å². The topological polar surface area (TPSA) is 86.8 Å². The van der Waals surface area contributed by atoms with Crippen molar-refractivity contribution in [1.82, 2.24) is 10.2 Å². The summed E-state index contributed by atoms with van der Waals surface area (Å²) in [6.45, 7) is 9.69. The van der Waals surface area contributed by atoms with Crippen LogP contribution in [0.1, 0.15) is 55.4 Å². The van der Waals surface area contributed by atoms with Crippen LogP contribution in [0.3, 0.4) is 0 Å². The molecule has 0 bridgehead atoms. The van der Waals surface area contributed by atoms with Crippen molar-refractivity contribution in [3.63, 3.8) is 0 Å². The van der Waals surface area contributed by atoms with Crippen LogP contribution in [-0.4, -0.2) is 44.3 Å². The number of nitrogens with one attached hydrogen (secondary N) is 1. The van der Waals surface area contributed by atoms with Gasteiger partial charge in [0.1, 0.15) is 12.6 Å². The number of hydrogen-bond donors (Lipinski definition) is 1. The fourth-order valence-electron chi connectivity index (χ4n) is 4.57. The number of benzene rings is 3. The second kappa shape index (κ2) is 14.5. The van der Waals surface area contributed by atoms with E-state index in [-0.39, 0.29) is 17.3 Å². The van der Waals surface area contributed by atoms with Crippen molar-refractivity contribution >= 4 is 39.1 Å². The number of amides is 2. The Morgan fingerprint density at radius 2 is 1.51 bits per heavy atom. The Hall–Kier alpha value is -3.36. The van der Waals surface area contributed by atoms with Gasteiger partial charge in [0, 0.05) is 18.1 Å². The van der Waals surface area contributed by atoms with E-state index >= 15 is 0 Å². The molecule has 9 heteroatoms. The number of anilines is 1. The number of nitrogens with zero attached hydrogens (tertiary/aromatic N) is 2. The van der Waals surface area contributed by atoms with Crippen molar-refractivity contribution in [2.45, 2.75) is 71.4 Å². The molecule has 1 atom stereocenters. The maximum absolute atomic E-state index is 14.2. The summed E-state index contributed by atoms with van der Waals surface area (Å²) in [5.41, 5.74) is 3.79. The number of carbonyl (C=O) groups is 2. The molecule has 0 aliphatic carbocycles. The lowest BCUT2D eigenvalue weighted by Crippen LogP contribution is -2.52. The van der Waals surface area contributed by atoms with Crippen LogP contribution in [0.2, 0.25) is 5.02 Å². The minimum absolute atomic E-state index is 0.0692. The number of carbonyl (C=O) groups excluding carboxylic acids is 2. The third kappa shape index (κ3) is 8.33. The summed E-state index contributed by atoms with van der Waals surface area (Å²) in [5.74, 6) is -0.731. The molecule has 220 valence electrons. The van der Waals surface area contributed by atoms with Gasteiger partial charge in [-0.05, 0) is 75.1 Å². The molecule has 0 aromatic heterocycles. The molecular formula is C32H40ClN3O4S. The minimum atomic E-state index is -4.14. The first-order valence-electron chi connectivity index (χ1n) is 14.0. The SMILES string of the molecule is CCCCNC(=O)[C@H](CC)N(Cc1ccc(C)cc1)C(=O)CN(c1ccc(Cl)cc1C)S(=O)(=O)c1ccc(C)cc1. The van der Waals surface area contributed by atoms with Gasteiger partial charge in [0.15, 0.2) is 0 Å². The highest BCUT2D eigenvalue weighted by molar-refractivity contribution is 7.92. The van der Waals surface area contributed by atoms with Gasteiger partial charge in [0.25, 0.3) is 10.0 Å². The summed E-state index contributed by atoms with van der Waals surface area (Å²) < 4.78 is 29.2. The van der Waals surface area contributed by atoms with E-state index in [2.05, 4.69) is 5.32 Å². The molecule has 0 aliphatic rings. The van der Waals surface area contributed by atoms with Crippen molar-refractivity contribution in [2.75, 3.05) is 17.4 Å². The molecule has 0 saturated carbocycles. The monoisotopic (exact) mass is 597 g/mol. The Bertz CT molecular complexity index is 1440. The van der Waals surface area contributed by atoms with Gasteiger partial charge in [-0.25, -0.2) is 8.42 Å². The first kappa shape index (κ1) is 32.2. The minimum Gasteiger partial charge on any atom is -0.354 e. The van der Waals surface area contributed by atoms with Gasteiger partial charge in [0.05, 0.1) is 10.6 Å². The van der Waals surface area contributed by atoms with Crippen LogP contribution in [0.15, 0.2) is 71.6 Å². The van der Waals surface area contributed by atoms with Crippen LogP contribution in [0, 0.1) is 20.8 Å². The standard InChI is InChI=1S/C32H40ClN3O4S/c1-6-8-19-34-32(38)29(7-2)35(21-26-13-9-23(3)10-14-26)31(37)22-36(30-18-15-27(33)20-25(30)5)41(39,40)28-16-11-24(4)12-17-28/h9-18,20,29H,6-8,19,21-22H2,1-5H3,(H,34,38)/t29-/m0/s1. The summed E-state index contributed by atoms with van der Waals surface area (Å²) in [4.78, 5) is 29.0. The lowest BCUT2D eigenvalue weighted by molar-refractivity contribution is -0.140. The zero-order chi connectivity index (χ0) is 30.2. The van der Waals surface area contributed by atoms with E-state index in [9.17, 15) is 18.0 Å². The summed E-state index contributed by atoms with van der Waals surface area (Å²) in [5, 5.41) is 3.41. The fourth-order valence-corrected chi connectivity index (χ4v) is 6.27. The molecule has 41 heavy (non-hydrogen) atoms. The molecule has 0 heterocycles. The second-order valence-electron chi connectivity index (χ2n) is 10.3. The number of sulfonamides is 1. The molecular weight excluding hydrogens is 558 g/mol. The van der Waals surface area contributed by atoms with Gasteiger partial charge in [-0.3, -0.25) is 13.9 Å². The molecule has 3 rings (SSSR count). The van der Waals surface area contributed by atoms with Crippen LogP contribution >= 0.6 is 11.6 Å². The van der Waals surface area contributed by atoms with Gasteiger partial charge in [0.2, 0.25) is 11.8 Å². The molecule has 3 aromatic carbocycles. The zero-order valence-corrected chi connectivity index (χ0v) is 26.1. The molecule has 0 saturated heterocycles. The molecule has 2 amide bonds. The summed E-state index contributed by atoms with van der Waals surface area (Å²) in [6.07, 6.45) is 2.13. The maximum atomic E-state index is 14.2. The highest BCUT2D eigenvalue weighted by atomic mass is 35.5. The first-order chi connectivity index (χ1) is 19.5. The molecule has 1 N–H and O–H groups in total. The van der Waals surface area contributed by atoms with E-state index in [1.807, 2.05) is 52.0 Å². The van der Waals surface area contributed by atoms with E-state index < -0.39 is 28.5 Å². The smallest absolute Gasteiger partial charge is 0.264 e. The molecule has 0 fully saturated rings. The van der Waals surface area contributed by atoms with Gasteiger partial charge in [-0.1, -0.05) is 79.4 Å². The first-order valence-corrected chi connectivity index (χ1v) is 15.8. The van der Waals surface area contributed by atoms with Crippen molar-refractivity contribution in [3.05, 3.63) is 94.0 Å². The largest absolute Gasteiger partial charge is 0.354 e. The molecule has 3 aromatic rings. The van der Waals surface area contributed by atoms with Crippen molar-refractivity contribution in [2.24, 2.45) is 0 Å². The summed E-state index contributed by atoms with van der Waals surface area (Å²) in [7, 11) is -4.14. The van der Waals surface area contributed by atoms with Gasteiger partial charge in [-0.2, -0.15) is 0 Å². The Morgan fingerprint density at radius 1 is 0.902 bits per heavy atom. The van der Waals surface area contributed by atoms with Crippen LogP contribution in [0.25, 0.3) is 0 Å². The predicted molar refractivity (Wildman–Crippen MR) is 166 cm³/mol. The van der Waals surface area contributed by atoms with Crippen molar-refractivity contribution in [1.29, 1.82) is 0 Å². The highest BCUT2D eigenvalue weighted by Crippen LogP contribution is 2.29. The average Bonchev–Trinajstić information content (AvgIpc) is 2.93. The maximum Gasteiger partial charge on any atom is 0.264 e. The van der Waals surface area contributed by atoms with Crippen LogP contribution in [0.5, 0.6) is 0 Å². The van der Waals surface area contributed by atoms with Gasteiger partial charge in [-0.15, -0.1) is 0 Å². The number of unbranched alkanes of at least 4 members (excludes halogenated alkanes) is 1. The van der Waals surface area contributed by atoms with Gasteiger partial charge >= 0.3 is 0 Å². The Labute approximate surface area is 249 Å². The van der Waals surface area contributed by atoms with E-state index in [0.717, 1.165) is 33.8 Å². The number of rotatable bonds is 13. The molecule has 7 nitrogen and oxygen atoms in total. The van der Waals surface area contributed by atoms with Crippen LogP contribution in [-0.2, 0) is 26.2 Å². The molecule has 0 aliphatic heterocycles. The number of halogens is 1. The van der Waals surface area contributed by atoms with Crippen LogP contribution < -0.4 is 9.62 Å². The lowest BCUT2D eigenvalue weighted by atomic mass is 10.1. The Kier molecular flexibility index (Phi) is 11.4. The summed E-state index contributed by atoms with van der Waals surface area (Å²) >= 11 is 6.19. The normalized spacial score (nSPS) is 12.0. The molecule has 0 unspecified atom stereocenters. The third-order valence-corrected chi connectivity index (χ3v) is 9.01. The highest BCUT2D eigenvalue weighted by Gasteiger charge is 2.34. The Morgan fingerprint density at radius 3 is 2.07 bits per heavy atom. The van der Waals surface area contributed by atoms with E-state index in [4.69, 9.17) is 11.6 Å². The average molecular weight is 598 g/mol. The quantitative estimate of drug-likeness (QED) is 0.238. The third-order valence-electron chi connectivity index (χ3n) is 7.00. The molecule has 0 radical (unpaired) electrons. The van der Waals surface area contributed by atoms with Crippen molar-refractivity contribution < 1.29 is 18.0 Å². The van der Waals surface area contributed by atoms with E-state index in [1.54, 1.807) is 37.3 Å². The van der Waals surface area contributed by atoms with Crippen LogP contribution in [0.4, 0.5) is 5.69 Å². The second-order valence-corrected chi connectivity index (χ2v) is 12.6. The summed E-state index contributed by atoms with van der Waals surface area (Å²) in [6, 6.07) is 18.4.